The third kappa shape index (κ3) is 4.60. The first kappa shape index (κ1) is 17.1. The van der Waals surface area contributed by atoms with Gasteiger partial charge in [0.2, 0.25) is 0 Å². The second-order valence-electron chi connectivity index (χ2n) is 5.74. The van der Waals surface area contributed by atoms with Crippen LogP contribution in [-0.2, 0) is 5.60 Å². The fraction of sp³-hybridized carbons (Fsp3) is 0.389. The van der Waals surface area contributed by atoms with Gasteiger partial charge in [0.25, 0.3) is 5.91 Å². The molecule has 0 saturated carbocycles. The van der Waals surface area contributed by atoms with Gasteiger partial charge in [-0.15, -0.1) is 0 Å². The normalized spacial score (nSPS) is 13.4. The van der Waals surface area contributed by atoms with E-state index >= 15 is 0 Å². The lowest BCUT2D eigenvalue weighted by atomic mass is 10.0. The molecule has 1 heterocycles. The van der Waals surface area contributed by atoms with Crippen LogP contribution in [0.3, 0.4) is 0 Å². The molecule has 0 fully saturated rings. The van der Waals surface area contributed by atoms with Gasteiger partial charge in [-0.1, -0.05) is 13.0 Å². The van der Waals surface area contributed by atoms with Crippen molar-refractivity contribution in [3.63, 3.8) is 0 Å². The maximum Gasteiger partial charge on any atom is 0.251 e. The summed E-state index contributed by atoms with van der Waals surface area (Å²) in [5, 5.41) is 13.2. The Morgan fingerprint density at radius 1 is 1.35 bits per heavy atom. The van der Waals surface area contributed by atoms with E-state index in [9.17, 15) is 9.90 Å². The van der Waals surface area contributed by atoms with E-state index in [1.807, 2.05) is 13.0 Å². The van der Waals surface area contributed by atoms with Gasteiger partial charge in [-0.25, -0.2) is 0 Å². The van der Waals surface area contributed by atoms with Gasteiger partial charge >= 0.3 is 0 Å². The van der Waals surface area contributed by atoms with Gasteiger partial charge in [-0.3, -0.25) is 4.79 Å². The van der Waals surface area contributed by atoms with E-state index in [-0.39, 0.29) is 12.5 Å². The van der Waals surface area contributed by atoms with E-state index in [2.05, 4.69) is 5.32 Å². The largest absolute Gasteiger partial charge is 0.494 e. The molecule has 1 aromatic heterocycles. The maximum atomic E-state index is 12.2. The number of rotatable bonds is 7. The monoisotopic (exact) mass is 317 g/mol. The number of aryl methyl sites for hydroxylation is 1. The Morgan fingerprint density at radius 3 is 2.78 bits per heavy atom. The number of benzene rings is 1. The molecule has 0 aliphatic carbocycles. The lowest BCUT2D eigenvalue weighted by Gasteiger charge is -2.21. The highest BCUT2D eigenvalue weighted by molar-refractivity contribution is 5.94. The topological polar surface area (TPSA) is 71.7 Å². The van der Waals surface area contributed by atoms with Gasteiger partial charge in [0, 0.05) is 5.56 Å². The molecule has 2 aromatic rings. The lowest BCUT2D eigenvalue weighted by Crippen LogP contribution is -2.38. The summed E-state index contributed by atoms with van der Waals surface area (Å²) in [4.78, 5) is 12.2. The molecule has 124 valence electrons. The fourth-order valence-electron chi connectivity index (χ4n) is 2.11. The first-order valence-electron chi connectivity index (χ1n) is 7.73. The summed E-state index contributed by atoms with van der Waals surface area (Å²) >= 11 is 0. The van der Waals surface area contributed by atoms with E-state index in [0.717, 1.165) is 6.42 Å². The van der Waals surface area contributed by atoms with Gasteiger partial charge in [0.1, 0.15) is 22.9 Å². The first-order chi connectivity index (χ1) is 10.9. The molecule has 23 heavy (non-hydrogen) atoms. The summed E-state index contributed by atoms with van der Waals surface area (Å²) < 4.78 is 10.9. The Labute approximate surface area is 136 Å². The average molecular weight is 317 g/mol. The summed E-state index contributed by atoms with van der Waals surface area (Å²) in [6.07, 6.45) is 0.905. The molecule has 5 heteroatoms. The Balaban J connectivity index is 1.99. The molecule has 0 radical (unpaired) electrons. The Kier molecular flexibility index (Phi) is 5.45. The van der Waals surface area contributed by atoms with E-state index in [4.69, 9.17) is 9.15 Å². The van der Waals surface area contributed by atoms with Gasteiger partial charge in [0.05, 0.1) is 13.2 Å². The fourth-order valence-corrected chi connectivity index (χ4v) is 2.11. The number of aliphatic hydroxyl groups is 1. The summed E-state index contributed by atoms with van der Waals surface area (Å²) in [6, 6.07) is 10.5. The molecule has 5 nitrogen and oxygen atoms in total. The van der Waals surface area contributed by atoms with Crippen molar-refractivity contribution in [2.45, 2.75) is 32.8 Å². The number of hydrogen-bond acceptors (Lipinski definition) is 4. The van der Waals surface area contributed by atoms with Crippen molar-refractivity contribution in [1.29, 1.82) is 0 Å². The molecule has 1 unspecified atom stereocenters. The maximum absolute atomic E-state index is 12.2. The van der Waals surface area contributed by atoms with E-state index < -0.39 is 5.60 Å². The van der Waals surface area contributed by atoms with Crippen LogP contribution >= 0.6 is 0 Å². The second-order valence-corrected chi connectivity index (χ2v) is 5.74. The van der Waals surface area contributed by atoms with Crippen molar-refractivity contribution in [2.75, 3.05) is 13.2 Å². The molecule has 0 saturated heterocycles. The molecule has 0 aliphatic rings. The number of hydrogen-bond donors (Lipinski definition) is 2. The van der Waals surface area contributed by atoms with Crippen molar-refractivity contribution in [3.8, 4) is 5.75 Å². The SMILES string of the molecule is CCCOc1cccc(C(=O)NCC(C)(O)c2ccc(C)o2)c1. The van der Waals surface area contributed by atoms with Crippen molar-refractivity contribution in [2.24, 2.45) is 0 Å². The summed E-state index contributed by atoms with van der Waals surface area (Å²) in [6.45, 7) is 6.09. The lowest BCUT2D eigenvalue weighted by molar-refractivity contribution is 0.0323. The molecular weight excluding hydrogens is 294 g/mol. The average Bonchev–Trinajstić information content (AvgIpc) is 2.98. The number of furan rings is 1. The van der Waals surface area contributed by atoms with Crippen molar-refractivity contribution < 1.29 is 19.1 Å². The van der Waals surface area contributed by atoms with E-state index in [0.29, 0.717) is 29.4 Å². The third-order valence-corrected chi connectivity index (χ3v) is 3.43. The van der Waals surface area contributed by atoms with Gasteiger partial charge in [-0.05, 0) is 50.6 Å². The third-order valence-electron chi connectivity index (χ3n) is 3.43. The zero-order valence-corrected chi connectivity index (χ0v) is 13.8. The summed E-state index contributed by atoms with van der Waals surface area (Å²) in [7, 11) is 0. The Morgan fingerprint density at radius 2 is 2.13 bits per heavy atom. The van der Waals surface area contributed by atoms with Gasteiger partial charge in [0.15, 0.2) is 0 Å². The van der Waals surface area contributed by atoms with Crippen LogP contribution in [0, 0.1) is 6.92 Å². The number of amides is 1. The van der Waals surface area contributed by atoms with Crippen LogP contribution in [0.15, 0.2) is 40.8 Å². The highest BCUT2D eigenvalue weighted by Crippen LogP contribution is 2.22. The predicted molar refractivity (Wildman–Crippen MR) is 87.6 cm³/mol. The number of carbonyl (C=O) groups is 1. The first-order valence-corrected chi connectivity index (χ1v) is 7.73. The van der Waals surface area contributed by atoms with Gasteiger partial charge in [-0.2, -0.15) is 0 Å². The van der Waals surface area contributed by atoms with E-state index in [1.54, 1.807) is 44.2 Å². The minimum absolute atomic E-state index is 0.0544. The molecule has 0 aliphatic heterocycles. The molecule has 1 aromatic carbocycles. The number of carbonyl (C=O) groups excluding carboxylic acids is 1. The molecule has 1 amide bonds. The minimum Gasteiger partial charge on any atom is -0.494 e. The van der Waals surface area contributed by atoms with Crippen LogP contribution in [0.4, 0.5) is 0 Å². The van der Waals surface area contributed by atoms with Crippen LogP contribution in [-0.4, -0.2) is 24.2 Å². The molecule has 0 spiro atoms. The molecule has 1 atom stereocenters. The highest BCUT2D eigenvalue weighted by atomic mass is 16.5. The van der Waals surface area contributed by atoms with Crippen LogP contribution in [0.5, 0.6) is 5.75 Å². The predicted octanol–water partition coefficient (Wildman–Crippen LogP) is 3.01. The van der Waals surface area contributed by atoms with Crippen molar-refractivity contribution in [3.05, 3.63) is 53.5 Å². The summed E-state index contributed by atoms with van der Waals surface area (Å²) in [5.74, 6) is 1.53. The molecule has 2 N–H and O–H groups in total. The Hall–Kier alpha value is -2.27. The second kappa shape index (κ2) is 7.33. The van der Waals surface area contributed by atoms with Crippen LogP contribution < -0.4 is 10.1 Å². The summed E-state index contributed by atoms with van der Waals surface area (Å²) in [5.41, 5.74) is -0.773. The van der Waals surface area contributed by atoms with Crippen molar-refractivity contribution in [1.82, 2.24) is 5.32 Å². The zero-order chi connectivity index (χ0) is 16.9. The number of nitrogens with one attached hydrogen (secondary N) is 1. The molecule has 2 rings (SSSR count). The van der Waals surface area contributed by atoms with Crippen molar-refractivity contribution >= 4 is 5.91 Å². The highest BCUT2D eigenvalue weighted by Gasteiger charge is 2.27. The van der Waals surface area contributed by atoms with Crippen LogP contribution in [0.1, 0.15) is 42.1 Å². The molecule has 0 bridgehead atoms. The molecular formula is C18H23NO4. The minimum atomic E-state index is -1.26. The smallest absolute Gasteiger partial charge is 0.251 e. The number of ether oxygens (including phenoxy) is 1. The quantitative estimate of drug-likeness (QED) is 0.823. The van der Waals surface area contributed by atoms with Crippen LogP contribution in [0.2, 0.25) is 0 Å². The standard InChI is InChI=1S/C18H23NO4/c1-4-10-22-15-7-5-6-14(11-15)17(20)19-12-18(3,21)16-9-8-13(2)23-16/h5-9,11,21H,4,10,12H2,1-3H3,(H,19,20). The Bertz CT molecular complexity index is 661. The van der Waals surface area contributed by atoms with E-state index in [1.165, 1.54) is 0 Å². The van der Waals surface area contributed by atoms with Crippen LogP contribution in [0.25, 0.3) is 0 Å². The van der Waals surface area contributed by atoms with Gasteiger partial charge < -0.3 is 19.6 Å². The zero-order valence-electron chi connectivity index (χ0n) is 13.8.